The zero-order chi connectivity index (χ0) is 20.9. The molecule has 3 aliphatic rings. The minimum Gasteiger partial charge on any atom is -0.378 e. The van der Waals surface area contributed by atoms with E-state index >= 15 is 0 Å². The number of imidazole rings is 1. The number of likely N-dealkylation sites (tertiary alicyclic amines) is 1. The van der Waals surface area contributed by atoms with E-state index in [4.69, 9.17) is 14.7 Å². The van der Waals surface area contributed by atoms with Gasteiger partial charge in [-0.05, 0) is 45.6 Å². The third kappa shape index (κ3) is 3.47. The van der Waals surface area contributed by atoms with Crippen LogP contribution in [0.1, 0.15) is 64.1 Å². The van der Waals surface area contributed by atoms with E-state index < -0.39 is 0 Å². The Labute approximate surface area is 178 Å². The Kier molecular flexibility index (Phi) is 4.96. The van der Waals surface area contributed by atoms with Gasteiger partial charge in [0.15, 0.2) is 5.82 Å². The number of carbonyl (C=O) groups excluding carboxylic acids is 1. The summed E-state index contributed by atoms with van der Waals surface area (Å²) in [5.74, 6) is 1.74. The molecule has 7 heteroatoms. The predicted octanol–water partition coefficient (Wildman–Crippen LogP) is 3.35. The molecule has 0 bridgehead atoms. The van der Waals surface area contributed by atoms with E-state index in [1.54, 1.807) is 0 Å². The summed E-state index contributed by atoms with van der Waals surface area (Å²) in [6.45, 7) is 11.4. The smallest absolute Gasteiger partial charge is 0.228 e. The lowest BCUT2D eigenvalue weighted by Gasteiger charge is -2.34. The van der Waals surface area contributed by atoms with E-state index in [0.29, 0.717) is 17.9 Å². The molecule has 0 atom stereocenters. The molecule has 7 nitrogen and oxygen atoms in total. The maximum Gasteiger partial charge on any atom is 0.228 e. The van der Waals surface area contributed by atoms with Crippen LogP contribution in [0.5, 0.6) is 0 Å². The summed E-state index contributed by atoms with van der Waals surface area (Å²) in [5, 5.41) is 0. The fourth-order valence-electron chi connectivity index (χ4n) is 4.81. The normalized spacial score (nSPS) is 22.1. The highest BCUT2D eigenvalue weighted by atomic mass is 16.5. The molecule has 0 aromatic carbocycles. The van der Waals surface area contributed by atoms with Crippen molar-refractivity contribution in [3.63, 3.8) is 0 Å². The van der Waals surface area contributed by atoms with Crippen molar-refractivity contribution >= 4 is 22.8 Å². The number of anilines is 1. The minimum absolute atomic E-state index is 0.0722. The number of carbonyl (C=O) groups is 1. The van der Waals surface area contributed by atoms with Gasteiger partial charge in [-0.3, -0.25) is 4.79 Å². The first-order chi connectivity index (χ1) is 14.5. The van der Waals surface area contributed by atoms with Crippen LogP contribution in [0.3, 0.4) is 0 Å². The number of ether oxygens (including phenoxy) is 1. The topological polar surface area (TPSA) is 63.5 Å². The zero-order valence-corrected chi connectivity index (χ0v) is 18.4. The molecule has 2 saturated heterocycles. The maximum absolute atomic E-state index is 12.7. The number of pyridine rings is 1. The molecular formula is C23H33N5O2. The largest absolute Gasteiger partial charge is 0.378 e. The Morgan fingerprint density at radius 1 is 1.17 bits per heavy atom. The van der Waals surface area contributed by atoms with Crippen molar-refractivity contribution in [2.75, 3.05) is 44.3 Å². The summed E-state index contributed by atoms with van der Waals surface area (Å²) in [6.07, 6.45) is 6.01. The number of hydrogen-bond acceptors (Lipinski definition) is 5. The van der Waals surface area contributed by atoms with Gasteiger partial charge in [0, 0.05) is 49.2 Å². The van der Waals surface area contributed by atoms with Gasteiger partial charge in [0.1, 0.15) is 5.52 Å². The molecule has 0 spiro atoms. The lowest BCUT2D eigenvalue weighted by Crippen LogP contribution is -2.41. The predicted molar refractivity (Wildman–Crippen MR) is 117 cm³/mol. The zero-order valence-electron chi connectivity index (χ0n) is 18.4. The monoisotopic (exact) mass is 411 g/mol. The Bertz CT molecular complexity index is 934. The molecule has 1 aliphatic carbocycles. The standard InChI is InChI=1S/C23H33N5O2/c1-16(2)28-15-24-20-19(28)14-18(25-21(20)26-10-12-30-13-11-26)17-4-8-27(9-5-17)22(29)23(3)6-7-23/h14-17H,4-13H2,1-3H3. The lowest BCUT2D eigenvalue weighted by atomic mass is 9.91. The quantitative estimate of drug-likeness (QED) is 0.772. The first kappa shape index (κ1) is 19.8. The third-order valence-corrected chi connectivity index (χ3v) is 7.15. The fourth-order valence-corrected chi connectivity index (χ4v) is 4.81. The Hall–Kier alpha value is -2.15. The number of amides is 1. The van der Waals surface area contributed by atoms with Gasteiger partial charge in [-0.1, -0.05) is 6.92 Å². The molecule has 2 aliphatic heterocycles. The SMILES string of the molecule is CC(C)n1cnc2c(N3CCOCC3)nc(C3CCN(C(=O)C4(C)CC4)CC3)cc21. The average Bonchev–Trinajstić information content (AvgIpc) is 3.37. The van der Waals surface area contributed by atoms with Crippen LogP contribution in [0.2, 0.25) is 0 Å². The van der Waals surface area contributed by atoms with E-state index in [1.165, 1.54) is 5.52 Å². The van der Waals surface area contributed by atoms with Gasteiger partial charge in [0.05, 0.1) is 25.1 Å². The van der Waals surface area contributed by atoms with E-state index in [2.05, 4.69) is 41.2 Å². The number of fused-ring (bicyclic) bond motifs is 1. The molecule has 4 heterocycles. The number of piperidine rings is 1. The molecule has 1 saturated carbocycles. The summed E-state index contributed by atoms with van der Waals surface area (Å²) in [7, 11) is 0. The van der Waals surface area contributed by atoms with Crippen molar-refractivity contribution in [3.8, 4) is 0 Å². The highest BCUT2D eigenvalue weighted by molar-refractivity contribution is 5.87. The van der Waals surface area contributed by atoms with Crippen LogP contribution < -0.4 is 4.90 Å². The number of morpholine rings is 1. The highest BCUT2D eigenvalue weighted by Gasteiger charge is 2.47. The third-order valence-electron chi connectivity index (χ3n) is 7.15. The van der Waals surface area contributed by atoms with Gasteiger partial charge < -0.3 is 19.1 Å². The molecule has 0 N–H and O–H groups in total. The second-order valence-electron chi connectivity index (χ2n) is 9.71. The molecule has 5 rings (SSSR count). The molecule has 1 amide bonds. The second kappa shape index (κ2) is 7.52. The van der Waals surface area contributed by atoms with Crippen LogP contribution in [0.4, 0.5) is 5.82 Å². The summed E-state index contributed by atoms with van der Waals surface area (Å²) in [4.78, 5) is 27.0. The fraction of sp³-hybridized carbons (Fsp3) is 0.696. The van der Waals surface area contributed by atoms with Crippen LogP contribution in [0.25, 0.3) is 11.0 Å². The lowest BCUT2D eigenvalue weighted by molar-refractivity contribution is -0.137. The second-order valence-corrected chi connectivity index (χ2v) is 9.71. The van der Waals surface area contributed by atoms with Crippen molar-refractivity contribution < 1.29 is 9.53 Å². The average molecular weight is 412 g/mol. The van der Waals surface area contributed by atoms with Gasteiger partial charge in [0.2, 0.25) is 5.91 Å². The van der Waals surface area contributed by atoms with Crippen molar-refractivity contribution in [2.24, 2.45) is 5.41 Å². The highest BCUT2D eigenvalue weighted by Crippen LogP contribution is 2.47. The Balaban J connectivity index is 1.44. The van der Waals surface area contributed by atoms with E-state index in [0.717, 1.165) is 82.1 Å². The molecular weight excluding hydrogens is 378 g/mol. The van der Waals surface area contributed by atoms with Gasteiger partial charge in [0.25, 0.3) is 0 Å². The first-order valence-corrected chi connectivity index (χ1v) is 11.5. The molecule has 162 valence electrons. The maximum atomic E-state index is 12.7. The van der Waals surface area contributed by atoms with Crippen molar-refractivity contribution in [1.29, 1.82) is 0 Å². The van der Waals surface area contributed by atoms with Crippen LogP contribution in [-0.2, 0) is 9.53 Å². The van der Waals surface area contributed by atoms with E-state index in [1.807, 2.05) is 6.33 Å². The molecule has 3 fully saturated rings. The van der Waals surface area contributed by atoms with Crippen molar-refractivity contribution in [2.45, 2.75) is 58.4 Å². The van der Waals surface area contributed by atoms with Gasteiger partial charge in [-0.2, -0.15) is 0 Å². The van der Waals surface area contributed by atoms with Crippen LogP contribution in [-0.4, -0.2) is 64.7 Å². The molecule has 0 unspecified atom stereocenters. The summed E-state index contributed by atoms with van der Waals surface area (Å²) >= 11 is 0. The Morgan fingerprint density at radius 3 is 2.50 bits per heavy atom. The number of hydrogen-bond donors (Lipinski definition) is 0. The van der Waals surface area contributed by atoms with Gasteiger partial charge >= 0.3 is 0 Å². The Morgan fingerprint density at radius 2 is 1.87 bits per heavy atom. The van der Waals surface area contributed by atoms with Crippen molar-refractivity contribution in [1.82, 2.24) is 19.4 Å². The number of nitrogens with zero attached hydrogens (tertiary/aromatic N) is 5. The van der Waals surface area contributed by atoms with Gasteiger partial charge in [-0.15, -0.1) is 0 Å². The number of rotatable bonds is 4. The van der Waals surface area contributed by atoms with Crippen LogP contribution >= 0.6 is 0 Å². The molecule has 2 aromatic rings. The molecule has 2 aromatic heterocycles. The molecule has 30 heavy (non-hydrogen) atoms. The summed E-state index contributed by atoms with van der Waals surface area (Å²) in [6, 6.07) is 2.60. The van der Waals surface area contributed by atoms with Gasteiger partial charge in [-0.25, -0.2) is 9.97 Å². The van der Waals surface area contributed by atoms with E-state index in [9.17, 15) is 4.79 Å². The molecule has 0 radical (unpaired) electrons. The first-order valence-electron chi connectivity index (χ1n) is 11.5. The van der Waals surface area contributed by atoms with Crippen LogP contribution in [0.15, 0.2) is 12.4 Å². The van der Waals surface area contributed by atoms with Crippen molar-refractivity contribution in [3.05, 3.63) is 18.1 Å². The van der Waals surface area contributed by atoms with Crippen LogP contribution in [0, 0.1) is 5.41 Å². The van der Waals surface area contributed by atoms with E-state index in [-0.39, 0.29) is 5.41 Å². The minimum atomic E-state index is -0.0722. The summed E-state index contributed by atoms with van der Waals surface area (Å²) < 4.78 is 7.80. The number of aromatic nitrogens is 3. The summed E-state index contributed by atoms with van der Waals surface area (Å²) in [5.41, 5.74) is 3.23.